The van der Waals surface area contributed by atoms with Crippen LogP contribution in [0.25, 0.3) is 0 Å². The lowest BCUT2D eigenvalue weighted by Crippen LogP contribution is -2.00. The zero-order valence-corrected chi connectivity index (χ0v) is 10.2. The van der Waals surface area contributed by atoms with Crippen molar-refractivity contribution in [2.24, 2.45) is 0 Å². The van der Waals surface area contributed by atoms with E-state index < -0.39 is 5.82 Å². The maximum atomic E-state index is 13.6. The van der Waals surface area contributed by atoms with Crippen molar-refractivity contribution in [1.82, 2.24) is 0 Å². The summed E-state index contributed by atoms with van der Waals surface area (Å²) in [6.45, 7) is 4.15. The smallest absolute Gasteiger partial charge is 0.129 e. The Balaban J connectivity index is 2.85. The number of benzene rings is 1. The molecule has 90 valence electrons. The predicted molar refractivity (Wildman–Crippen MR) is 63.6 cm³/mol. The first-order valence-electron chi connectivity index (χ1n) is 6.15. The Kier molecular flexibility index (Phi) is 5.44. The summed E-state index contributed by atoms with van der Waals surface area (Å²) < 4.78 is 26.7. The van der Waals surface area contributed by atoms with Crippen molar-refractivity contribution in [2.45, 2.75) is 52.4 Å². The lowest BCUT2D eigenvalue weighted by atomic mass is 9.97. The quantitative estimate of drug-likeness (QED) is 0.619. The van der Waals surface area contributed by atoms with Gasteiger partial charge in [-0.25, -0.2) is 8.78 Å². The first-order valence-corrected chi connectivity index (χ1v) is 6.15. The van der Waals surface area contributed by atoms with E-state index in [9.17, 15) is 8.78 Å². The largest absolute Gasteiger partial charge is 0.207 e. The average molecular weight is 226 g/mol. The molecule has 0 aromatic heterocycles. The summed E-state index contributed by atoms with van der Waals surface area (Å²) in [7, 11) is 0. The van der Waals surface area contributed by atoms with Crippen LogP contribution < -0.4 is 0 Å². The summed E-state index contributed by atoms with van der Waals surface area (Å²) >= 11 is 0. The van der Waals surface area contributed by atoms with Crippen LogP contribution in [0, 0.1) is 11.6 Å². The minimum absolute atomic E-state index is 0.375. The topological polar surface area (TPSA) is 0 Å². The van der Waals surface area contributed by atoms with Crippen molar-refractivity contribution in [3.63, 3.8) is 0 Å². The van der Waals surface area contributed by atoms with Gasteiger partial charge in [0.1, 0.15) is 11.6 Å². The molecule has 1 aromatic carbocycles. The van der Waals surface area contributed by atoms with Gasteiger partial charge in [-0.1, -0.05) is 33.1 Å². The maximum Gasteiger partial charge on any atom is 0.129 e. The van der Waals surface area contributed by atoms with Crippen LogP contribution in [0.15, 0.2) is 12.1 Å². The fraction of sp³-hybridized carbons (Fsp3) is 0.571. The fourth-order valence-electron chi connectivity index (χ4n) is 1.98. The first kappa shape index (κ1) is 13.1. The second kappa shape index (κ2) is 6.62. The Morgan fingerprint density at radius 3 is 2.31 bits per heavy atom. The summed E-state index contributed by atoms with van der Waals surface area (Å²) in [5, 5.41) is 0. The first-order chi connectivity index (χ1) is 7.69. The van der Waals surface area contributed by atoms with E-state index in [2.05, 4.69) is 6.92 Å². The van der Waals surface area contributed by atoms with Crippen molar-refractivity contribution >= 4 is 0 Å². The van der Waals surface area contributed by atoms with E-state index in [1.54, 1.807) is 0 Å². The van der Waals surface area contributed by atoms with E-state index in [4.69, 9.17) is 0 Å². The fourth-order valence-corrected chi connectivity index (χ4v) is 1.98. The average Bonchev–Trinajstić information content (AvgIpc) is 2.22. The molecule has 0 aliphatic carbocycles. The number of hydrogen-bond donors (Lipinski definition) is 0. The Morgan fingerprint density at radius 2 is 1.69 bits per heavy atom. The molecule has 2 heteroatoms. The van der Waals surface area contributed by atoms with Crippen molar-refractivity contribution in [1.29, 1.82) is 0 Å². The highest BCUT2D eigenvalue weighted by atomic mass is 19.1. The molecular formula is C14H20F2. The molecule has 1 rings (SSSR count). The second-order valence-corrected chi connectivity index (χ2v) is 4.23. The van der Waals surface area contributed by atoms with Crippen molar-refractivity contribution in [2.75, 3.05) is 0 Å². The predicted octanol–water partition coefficient (Wildman–Crippen LogP) is 4.65. The van der Waals surface area contributed by atoms with E-state index >= 15 is 0 Å². The molecule has 0 aliphatic rings. The molecule has 0 aliphatic heterocycles. The van der Waals surface area contributed by atoms with Gasteiger partial charge in [0, 0.05) is 6.07 Å². The monoisotopic (exact) mass is 226 g/mol. The van der Waals surface area contributed by atoms with Gasteiger partial charge in [0.25, 0.3) is 0 Å². The van der Waals surface area contributed by atoms with Crippen molar-refractivity contribution < 1.29 is 8.78 Å². The van der Waals surface area contributed by atoms with Gasteiger partial charge in [0.15, 0.2) is 0 Å². The van der Waals surface area contributed by atoms with Crippen molar-refractivity contribution in [3.05, 3.63) is 34.9 Å². The SMILES string of the molecule is CCCCCc1c(F)cc(F)cc1CCC. The molecule has 0 saturated heterocycles. The summed E-state index contributed by atoms with van der Waals surface area (Å²) in [5.74, 6) is -0.834. The standard InChI is InChI=1S/C14H20F2/c1-3-5-6-8-13-11(7-4-2)9-12(15)10-14(13)16/h9-10H,3-8H2,1-2H3. The molecule has 0 N–H and O–H groups in total. The van der Waals surface area contributed by atoms with E-state index in [0.29, 0.717) is 0 Å². The molecule has 0 saturated carbocycles. The van der Waals surface area contributed by atoms with Crippen LogP contribution in [-0.2, 0) is 12.8 Å². The van der Waals surface area contributed by atoms with Crippen LogP contribution in [0.2, 0.25) is 0 Å². The van der Waals surface area contributed by atoms with Crippen LogP contribution >= 0.6 is 0 Å². The van der Waals surface area contributed by atoms with Gasteiger partial charge in [-0.3, -0.25) is 0 Å². The number of hydrogen-bond acceptors (Lipinski definition) is 0. The maximum absolute atomic E-state index is 13.6. The zero-order chi connectivity index (χ0) is 12.0. The minimum Gasteiger partial charge on any atom is -0.207 e. The van der Waals surface area contributed by atoms with Gasteiger partial charge < -0.3 is 0 Å². The van der Waals surface area contributed by atoms with Gasteiger partial charge in [0.2, 0.25) is 0 Å². The summed E-state index contributed by atoms with van der Waals surface area (Å²) in [6.07, 6.45) is 5.61. The molecular weight excluding hydrogens is 206 g/mol. The zero-order valence-electron chi connectivity index (χ0n) is 10.2. The third-order valence-corrected chi connectivity index (χ3v) is 2.80. The molecule has 0 nitrogen and oxygen atoms in total. The highest BCUT2D eigenvalue weighted by molar-refractivity contribution is 5.29. The van der Waals surface area contributed by atoms with Crippen molar-refractivity contribution in [3.8, 4) is 0 Å². The Bertz CT molecular complexity index is 332. The van der Waals surface area contributed by atoms with E-state index in [-0.39, 0.29) is 5.82 Å². The van der Waals surface area contributed by atoms with Gasteiger partial charge in [-0.15, -0.1) is 0 Å². The Labute approximate surface area is 96.7 Å². The Morgan fingerprint density at radius 1 is 0.938 bits per heavy atom. The molecule has 0 heterocycles. The molecule has 0 amide bonds. The lowest BCUT2D eigenvalue weighted by Gasteiger charge is -2.10. The summed E-state index contributed by atoms with van der Waals surface area (Å²) in [4.78, 5) is 0. The summed E-state index contributed by atoms with van der Waals surface area (Å²) in [5.41, 5.74) is 1.56. The van der Waals surface area contributed by atoms with E-state index in [1.165, 1.54) is 6.07 Å². The summed E-state index contributed by atoms with van der Waals surface area (Å²) in [6, 6.07) is 2.48. The third-order valence-electron chi connectivity index (χ3n) is 2.80. The van der Waals surface area contributed by atoms with Crippen LogP contribution in [0.5, 0.6) is 0 Å². The Hall–Kier alpha value is -0.920. The van der Waals surface area contributed by atoms with Crippen LogP contribution in [0.4, 0.5) is 8.78 Å². The van der Waals surface area contributed by atoms with Gasteiger partial charge in [-0.05, 0) is 36.5 Å². The van der Waals surface area contributed by atoms with E-state index in [0.717, 1.165) is 55.7 Å². The number of aryl methyl sites for hydroxylation is 1. The highest BCUT2D eigenvalue weighted by Crippen LogP contribution is 2.20. The molecule has 0 radical (unpaired) electrons. The second-order valence-electron chi connectivity index (χ2n) is 4.23. The normalized spacial score (nSPS) is 10.8. The molecule has 0 spiro atoms. The number of rotatable bonds is 6. The van der Waals surface area contributed by atoms with Gasteiger partial charge in [-0.2, -0.15) is 0 Å². The molecule has 0 fully saturated rings. The van der Waals surface area contributed by atoms with Gasteiger partial charge >= 0.3 is 0 Å². The molecule has 1 aromatic rings. The van der Waals surface area contributed by atoms with Crippen LogP contribution in [0.1, 0.15) is 50.7 Å². The number of unbranched alkanes of at least 4 members (excludes halogenated alkanes) is 2. The molecule has 0 bridgehead atoms. The molecule has 16 heavy (non-hydrogen) atoms. The van der Waals surface area contributed by atoms with Crippen LogP contribution in [-0.4, -0.2) is 0 Å². The lowest BCUT2D eigenvalue weighted by molar-refractivity contribution is 0.560. The third kappa shape index (κ3) is 3.58. The molecule has 0 atom stereocenters. The molecule has 0 unspecified atom stereocenters. The van der Waals surface area contributed by atoms with Crippen LogP contribution in [0.3, 0.4) is 0 Å². The highest BCUT2D eigenvalue weighted by Gasteiger charge is 2.10. The number of halogens is 2. The van der Waals surface area contributed by atoms with E-state index in [1.807, 2.05) is 6.92 Å². The minimum atomic E-state index is -0.458. The van der Waals surface area contributed by atoms with Gasteiger partial charge in [0.05, 0.1) is 0 Å².